The third-order valence-corrected chi connectivity index (χ3v) is 2.89. The zero-order valence-electron chi connectivity index (χ0n) is 10.6. The van der Waals surface area contributed by atoms with Gasteiger partial charge in [0.15, 0.2) is 0 Å². The molecule has 0 aliphatic carbocycles. The van der Waals surface area contributed by atoms with Crippen molar-refractivity contribution < 1.29 is 18.7 Å². The van der Waals surface area contributed by atoms with E-state index in [1.807, 2.05) is 0 Å². The zero-order valence-corrected chi connectivity index (χ0v) is 10.6. The molecule has 0 spiro atoms. The number of carbonyl (C=O) groups is 1. The van der Waals surface area contributed by atoms with Crippen LogP contribution in [-0.2, 0) is 6.54 Å². The molecule has 0 bridgehead atoms. The van der Waals surface area contributed by atoms with Gasteiger partial charge in [-0.1, -0.05) is 0 Å². The highest BCUT2D eigenvalue weighted by molar-refractivity contribution is 5.87. The van der Waals surface area contributed by atoms with Crippen LogP contribution in [0.1, 0.15) is 21.6 Å². The van der Waals surface area contributed by atoms with E-state index in [1.54, 1.807) is 6.92 Å². The van der Waals surface area contributed by atoms with E-state index in [4.69, 9.17) is 5.11 Å². The van der Waals surface area contributed by atoms with E-state index in [-0.39, 0.29) is 17.7 Å². The Bertz CT molecular complexity index is 717. The molecule has 0 saturated carbocycles. The first-order valence-corrected chi connectivity index (χ1v) is 5.77. The van der Waals surface area contributed by atoms with Gasteiger partial charge in [-0.3, -0.25) is 4.79 Å². The fourth-order valence-electron chi connectivity index (χ4n) is 1.91. The number of aromatic carboxylic acids is 1. The highest BCUT2D eigenvalue weighted by atomic mass is 19.1. The summed E-state index contributed by atoms with van der Waals surface area (Å²) in [5.74, 6) is -2.84. The standard InChI is InChI=1S/C14H11F2NO3/c1-8-2-3-12(14(19)20)13(18)17(8)7-9-4-10(15)6-11(16)5-9/h2-6H,7H2,1H3,(H,19,20). The van der Waals surface area contributed by atoms with Crippen molar-refractivity contribution in [1.29, 1.82) is 0 Å². The molecule has 0 radical (unpaired) electrons. The van der Waals surface area contributed by atoms with Crippen molar-refractivity contribution in [2.24, 2.45) is 0 Å². The van der Waals surface area contributed by atoms with E-state index in [0.29, 0.717) is 5.69 Å². The Kier molecular flexibility index (Phi) is 3.65. The smallest absolute Gasteiger partial charge is 0.341 e. The van der Waals surface area contributed by atoms with Gasteiger partial charge in [0, 0.05) is 11.8 Å². The molecular weight excluding hydrogens is 268 g/mol. The lowest BCUT2D eigenvalue weighted by Crippen LogP contribution is -2.28. The maximum absolute atomic E-state index is 13.1. The van der Waals surface area contributed by atoms with Gasteiger partial charge in [-0.05, 0) is 36.8 Å². The van der Waals surface area contributed by atoms with Crippen molar-refractivity contribution in [3.63, 3.8) is 0 Å². The normalized spacial score (nSPS) is 10.6. The van der Waals surface area contributed by atoms with Crippen LogP contribution in [0.2, 0.25) is 0 Å². The summed E-state index contributed by atoms with van der Waals surface area (Å²) < 4.78 is 27.4. The molecule has 0 aliphatic heterocycles. The molecule has 1 N–H and O–H groups in total. The molecule has 104 valence electrons. The Morgan fingerprint density at radius 1 is 1.20 bits per heavy atom. The second-order valence-electron chi connectivity index (χ2n) is 4.36. The van der Waals surface area contributed by atoms with Crippen molar-refractivity contribution in [1.82, 2.24) is 4.57 Å². The summed E-state index contributed by atoms with van der Waals surface area (Å²) in [6, 6.07) is 5.61. The van der Waals surface area contributed by atoms with E-state index in [0.717, 1.165) is 22.8 Å². The monoisotopic (exact) mass is 279 g/mol. The van der Waals surface area contributed by atoms with Crippen LogP contribution in [0.25, 0.3) is 0 Å². The summed E-state index contributed by atoms with van der Waals surface area (Å²) in [5, 5.41) is 8.90. The molecule has 0 atom stereocenters. The summed E-state index contributed by atoms with van der Waals surface area (Å²) in [7, 11) is 0. The number of nitrogens with zero attached hydrogens (tertiary/aromatic N) is 1. The number of aromatic nitrogens is 1. The summed E-state index contributed by atoms with van der Waals surface area (Å²) in [6.45, 7) is 1.52. The molecule has 0 aliphatic rings. The Labute approximate surface area is 112 Å². The van der Waals surface area contributed by atoms with Crippen LogP contribution < -0.4 is 5.56 Å². The van der Waals surface area contributed by atoms with Gasteiger partial charge in [0.05, 0.1) is 6.54 Å². The van der Waals surface area contributed by atoms with Crippen molar-refractivity contribution in [2.75, 3.05) is 0 Å². The number of halogens is 2. The minimum absolute atomic E-state index is 0.0968. The Balaban J connectivity index is 2.50. The molecule has 0 unspecified atom stereocenters. The van der Waals surface area contributed by atoms with Crippen molar-refractivity contribution >= 4 is 5.97 Å². The molecular formula is C14H11F2NO3. The van der Waals surface area contributed by atoms with Crippen LogP contribution in [-0.4, -0.2) is 15.6 Å². The van der Waals surface area contributed by atoms with E-state index in [2.05, 4.69) is 0 Å². The summed E-state index contributed by atoms with van der Waals surface area (Å²) in [6.07, 6.45) is 0. The fraction of sp³-hybridized carbons (Fsp3) is 0.143. The first-order chi connectivity index (χ1) is 9.38. The molecule has 0 saturated heterocycles. The van der Waals surface area contributed by atoms with Crippen molar-refractivity contribution in [3.05, 3.63) is 69.1 Å². The summed E-state index contributed by atoms with van der Waals surface area (Å²) >= 11 is 0. The number of hydrogen-bond donors (Lipinski definition) is 1. The number of hydrogen-bond acceptors (Lipinski definition) is 2. The lowest BCUT2D eigenvalue weighted by atomic mass is 10.2. The second-order valence-corrected chi connectivity index (χ2v) is 4.36. The molecule has 0 amide bonds. The first kappa shape index (κ1) is 13.9. The second kappa shape index (κ2) is 5.24. The number of carboxylic acids is 1. The number of carboxylic acid groups (broad SMARTS) is 1. The minimum Gasteiger partial charge on any atom is -0.477 e. The van der Waals surface area contributed by atoms with Gasteiger partial charge in [0.1, 0.15) is 17.2 Å². The van der Waals surface area contributed by atoms with Crippen LogP contribution >= 0.6 is 0 Å². The molecule has 6 heteroatoms. The van der Waals surface area contributed by atoms with Crippen LogP contribution in [0.5, 0.6) is 0 Å². The maximum atomic E-state index is 13.1. The molecule has 2 rings (SSSR count). The molecule has 4 nitrogen and oxygen atoms in total. The Hall–Kier alpha value is -2.50. The quantitative estimate of drug-likeness (QED) is 0.936. The van der Waals surface area contributed by atoms with Crippen LogP contribution in [0.15, 0.2) is 35.1 Å². The lowest BCUT2D eigenvalue weighted by molar-refractivity contribution is 0.0694. The topological polar surface area (TPSA) is 59.3 Å². The van der Waals surface area contributed by atoms with Crippen molar-refractivity contribution in [2.45, 2.75) is 13.5 Å². The van der Waals surface area contributed by atoms with Gasteiger partial charge in [0.25, 0.3) is 5.56 Å². The number of aryl methyl sites for hydroxylation is 1. The molecule has 2 aromatic rings. The predicted molar refractivity (Wildman–Crippen MR) is 67.9 cm³/mol. The predicted octanol–water partition coefficient (Wildman–Crippen LogP) is 2.18. The van der Waals surface area contributed by atoms with Gasteiger partial charge in [-0.2, -0.15) is 0 Å². The largest absolute Gasteiger partial charge is 0.477 e. The molecule has 1 aromatic carbocycles. The Morgan fingerprint density at radius 3 is 2.35 bits per heavy atom. The van der Waals surface area contributed by atoms with E-state index < -0.39 is 23.2 Å². The fourth-order valence-corrected chi connectivity index (χ4v) is 1.91. The molecule has 1 aromatic heterocycles. The average molecular weight is 279 g/mol. The van der Waals surface area contributed by atoms with Crippen LogP contribution in [0, 0.1) is 18.6 Å². The van der Waals surface area contributed by atoms with Gasteiger partial charge >= 0.3 is 5.97 Å². The molecule has 20 heavy (non-hydrogen) atoms. The third-order valence-electron chi connectivity index (χ3n) is 2.89. The van der Waals surface area contributed by atoms with Gasteiger partial charge in [0.2, 0.25) is 0 Å². The third kappa shape index (κ3) is 2.74. The summed E-state index contributed by atoms with van der Waals surface area (Å²) in [5.41, 5.74) is -0.338. The van der Waals surface area contributed by atoms with E-state index in [1.165, 1.54) is 12.1 Å². The first-order valence-electron chi connectivity index (χ1n) is 5.77. The highest BCUT2D eigenvalue weighted by Gasteiger charge is 2.13. The highest BCUT2D eigenvalue weighted by Crippen LogP contribution is 2.10. The van der Waals surface area contributed by atoms with Crippen molar-refractivity contribution in [3.8, 4) is 0 Å². The number of rotatable bonds is 3. The van der Waals surface area contributed by atoms with Gasteiger partial charge in [-0.15, -0.1) is 0 Å². The molecule has 1 heterocycles. The number of benzene rings is 1. The average Bonchev–Trinajstić information content (AvgIpc) is 2.32. The molecule has 0 fully saturated rings. The van der Waals surface area contributed by atoms with E-state index in [9.17, 15) is 18.4 Å². The maximum Gasteiger partial charge on any atom is 0.341 e. The minimum atomic E-state index is -1.34. The van der Waals surface area contributed by atoms with Gasteiger partial charge < -0.3 is 9.67 Å². The lowest BCUT2D eigenvalue weighted by Gasteiger charge is -2.11. The van der Waals surface area contributed by atoms with E-state index >= 15 is 0 Å². The number of pyridine rings is 1. The zero-order chi connectivity index (χ0) is 14.9. The van der Waals surface area contributed by atoms with Crippen LogP contribution in [0.3, 0.4) is 0 Å². The SMILES string of the molecule is Cc1ccc(C(=O)O)c(=O)n1Cc1cc(F)cc(F)c1. The Morgan fingerprint density at radius 2 is 1.80 bits per heavy atom. The summed E-state index contributed by atoms with van der Waals surface area (Å²) in [4.78, 5) is 22.9. The van der Waals surface area contributed by atoms with Crippen LogP contribution in [0.4, 0.5) is 8.78 Å². The van der Waals surface area contributed by atoms with Gasteiger partial charge in [-0.25, -0.2) is 13.6 Å².